The van der Waals surface area contributed by atoms with Crippen LogP contribution in [-0.2, 0) is 11.2 Å². The summed E-state index contributed by atoms with van der Waals surface area (Å²) in [5.74, 6) is 1.19. The van der Waals surface area contributed by atoms with Gasteiger partial charge in [-0.05, 0) is 48.7 Å². The van der Waals surface area contributed by atoms with Gasteiger partial charge in [0.15, 0.2) is 0 Å². The van der Waals surface area contributed by atoms with Gasteiger partial charge >= 0.3 is 0 Å². The number of anilines is 1. The summed E-state index contributed by atoms with van der Waals surface area (Å²) in [7, 11) is 1.63. The van der Waals surface area contributed by atoms with Gasteiger partial charge < -0.3 is 14.5 Å². The number of aryl methyl sites for hydroxylation is 2. The van der Waals surface area contributed by atoms with Gasteiger partial charge in [-0.2, -0.15) is 0 Å². The minimum atomic E-state index is -0.0402. The largest absolute Gasteiger partial charge is 0.497 e. The highest BCUT2D eigenvalue weighted by Gasteiger charge is 2.09. The van der Waals surface area contributed by atoms with Crippen molar-refractivity contribution in [3.63, 3.8) is 0 Å². The molecule has 1 N–H and O–H groups in total. The molecule has 0 radical (unpaired) electrons. The van der Waals surface area contributed by atoms with Crippen molar-refractivity contribution in [2.75, 3.05) is 12.4 Å². The number of carbonyl (C=O) groups is 1. The number of ether oxygens (including phenoxy) is 1. The van der Waals surface area contributed by atoms with Gasteiger partial charge in [0.2, 0.25) is 18.2 Å². The lowest BCUT2D eigenvalue weighted by molar-refractivity contribution is -0.116. The van der Waals surface area contributed by atoms with Gasteiger partial charge in [-0.3, -0.25) is 4.79 Å². The van der Waals surface area contributed by atoms with Crippen molar-refractivity contribution in [1.82, 2.24) is 10.2 Å². The first kappa shape index (κ1) is 16.7. The molecule has 0 aliphatic heterocycles. The van der Waals surface area contributed by atoms with Crippen LogP contribution < -0.4 is 10.1 Å². The Morgan fingerprint density at radius 2 is 2.00 bits per heavy atom. The van der Waals surface area contributed by atoms with Crippen LogP contribution in [0.2, 0.25) is 0 Å². The number of carbonyl (C=O) groups excluding carboxylic acids is 1. The van der Waals surface area contributed by atoms with E-state index in [-0.39, 0.29) is 5.91 Å². The summed E-state index contributed by atoms with van der Waals surface area (Å²) in [6.07, 6.45) is 2.34. The van der Waals surface area contributed by atoms with E-state index < -0.39 is 0 Å². The fourth-order valence-electron chi connectivity index (χ4n) is 2.45. The Morgan fingerprint density at radius 1 is 1.20 bits per heavy atom. The summed E-state index contributed by atoms with van der Waals surface area (Å²) in [6.45, 7) is 1.94. The van der Waals surface area contributed by atoms with Crippen LogP contribution in [-0.4, -0.2) is 23.2 Å². The summed E-state index contributed by atoms with van der Waals surface area (Å²) >= 11 is 0. The molecule has 0 aliphatic carbocycles. The number of aromatic nitrogens is 2. The molecule has 0 atom stereocenters. The maximum Gasteiger partial charge on any atom is 0.247 e. The van der Waals surface area contributed by atoms with Crippen molar-refractivity contribution in [2.24, 2.45) is 0 Å². The summed E-state index contributed by atoms with van der Waals surface area (Å²) in [5.41, 5.74) is 3.58. The van der Waals surface area contributed by atoms with Crippen LogP contribution in [0.25, 0.3) is 11.5 Å². The fraction of sp³-hybridized carbons (Fsp3) is 0.211. The van der Waals surface area contributed by atoms with Crippen molar-refractivity contribution in [2.45, 2.75) is 19.8 Å². The predicted molar refractivity (Wildman–Crippen MR) is 94.4 cm³/mol. The van der Waals surface area contributed by atoms with Gasteiger partial charge in [0.25, 0.3) is 0 Å². The van der Waals surface area contributed by atoms with Crippen LogP contribution >= 0.6 is 0 Å². The molecule has 2 aromatic carbocycles. The van der Waals surface area contributed by atoms with Crippen molar-refractivity contribution >= 4 is 11.6 Å². The minimum absolute atomic E-state index is 0.0402. The number of hydrogen-bond acceptors (Lipinski definition) is 5. The lowest BCUT2D eigenvalue weighted by Crippen LogP contribution is -2.13. The summed E-state index contributed by atoms with van der Waals surface area (Å²) in [6, 6.07) is 13.4. The molecule has 25 heavy (non-hydrogen) atoms. The molecule has 0 unspecified atom stereocenters. The zero-order valence-corrected chi connectivity index (χ0v) is 14.2. The average molecular weight is 337 g/mol. The van der Waals surface area contributed by atoms with Gasteiger partial charge in [-0.25, -0.2) is 0 Å². The molecule has 0 saturated heterocycles. The second kappa shape index (κ2) is 7.61. The number of nitrogens with one attached hydrogen (secondary N) is 1. The first-order valence-electron chi connectivity index (χ1n) is 7.95. The molecule has 0 fully saturated rings. The van der Waals surface area contributed by atoms with Crippen LogP contribution in [0.4, 0.5) is 5.69 Å². The number of amides is 1. The molecule has 0 bridgehead atoms. The first-order valence-corrected chi connectivity index (χ1v) is 7.95. The van der Waals surface area contributed by atoms with Crippen LogP contribution in [0.15, 0.2) is 53.3 Å². The third-order valence-electron chi connectivity index (χ3n) is 3.92. The van der Waals surface area contributed by atoms with Crippen LogP contribution in [0.5, 0.6) is 5.75 Å². The Labute approximate surface area is 145 Å². The summed E-state index contributed by atoms with van der Waals surface area (Å²) in [4.78, 5) is 12.3. The van der Waals surface area contributed by atoms with Gasteiger partial charge in [0, 0.05) is 17.7 Å². The third kappa shape index (κ3) is 4.23. The maximum absolute atomic E-state index is 12.3. The lowest BCUT2D eigenvalue weighted by Gasteiger charge is -2.10. The Bertz CT molecular complexity index is 843. The summed E-state index contributed by atoms with van der Waals surface area (Å²) < 4.78 is 10.3. The number of rotatable bonds is 6. The van der Waals surface area contributed by atoms with Crippen LogP contribution in [0.3, 0.4) is 0 Å². The molecule has 1 amide bonds. The van der Waals surface area contributed by atoms with Gasteiger partial charge in [0.1, 0.15) is 5.75 Å². The normalized spacial score (nSPS) is 10.5. The number of methoxy groups -OCH3 is 1. The molecular formula is C19H19N3O3. The predicted octanol–water partition coefficient (Wildman–Crippen LogP) is 3.62. The molecule has 1 aromatic heterocycles. The quantitative estimate of drug-likeness (QED) is 0.743. The SMILES string of the molecule is COc1ccc(CCC(=O)Nc2cc(-c3nnco3)ccc2C)cc1. The van der Waals surface area contributed by atoms with E-state index in [1.807, 2.05) is 49.4 Å². The van der Waals surface area contributed by atoms with Crippen molar-refractivity contribution in [3.05, 3.63) is 60.0 Å². The van der Waals surface area contributed by atoms with Crippen molar-refractivity contribution in [1.29, 1.82) is 0 Å². The summed E-state index contributed by atoms with van der Waals surface area (Å²) in [5, 5.41) is 10.5. The second-order valence-corrected chi connectivity index (χ2v) is 5.67. The Hall–Kier alpha value is -3.15. The van der Waals surface area contributed by atoms with Gasteiger partial charge in [0.05, 0.1) is 7.11 Å². The zero-order chi connectivity index (χ0) is 17.6. The first-order chi connectivity index (χ1) is 12.2. The topological polar surface area (TPSA) is 77.2 Å². The van der Waals surface area contributed by atoms with E-state index in [0.717, 1.165) is 28.1 Å². The van der Waals surface area contributed by atoms with E-state index in [1.165, 1.54) is 6.39 Å². The minimum Gasteiger partial charge on any atom is -0.497 e. The molecule has 6 nitrogen and oxygen atoms in total. The molecule has 1 heterocycles. The van der Waals surface area contributed by atoms with Crippen molar-refractivity contribution in [3.8, 4) is 17.2 Å². The maximum atomic E-state index is 12.3. The number of hydrogen-bond donors (Lipinski definition) is 1. The number of nitrogens with zero attached hydrogens (tertiary/aromatic N) is 2. The van der Waals surface area contributed by atoms with E-state index in [0.29, 0.717) is 18.7 Å². The number of benzene rings is 2. The molecule has 6 heteroatoms. The second-order valence-electron chi connectivity index (χ2n) is 5.67. The highest BCUT2D eigenvalue weighted by molar-refractivity contribution is 5.92. The van der Waals surface area contributed by atoms with E-state index in [4.69, 9.17) is 9.15 Å². The molecule has 0 saturated carbocycles. The standard InChI is InChI=1S/C19H19N3O3/c1-13-3-7-15(19-22-20-12-25-19)11-17(13)21-18(23)10-6-14-4-8-16(24-2)9-5-14/h3-5,7-9,11-12H,6,10H2,1-2H3,(H,21,23). The highest BCUT2D eigenvalue weighted by Crippen LogP contribution is 2.24. The van der Waals surface area contributed by atoms with Crippen molar-refractivity contribution < 1.29 is 13.9 Å². The third-order valence-corrected chi connectivity index (χ3v) is 3.92. The Morgan fingerprint density at radius 3 is 2.68 bits per heavy atom. The molecule has 0 spiro atoms. The Balaban J connectivity index is 1.63. The highest BCUT2D eigenvalue weighted by atomic mass is 16.5. The molecule has 3 aromatic rings. The van der Waals surface area contributed by atoms with Crippen LogP contribution in [0.1, 0.15) is 17.5 Å². The van der Waals surface area contributed by atoms with E-state index in [2.05, 4.69) is 15.5 Å². The molecule has 128 valence electrons. The van der Waals surface area contributed by atoms with Gasteiger partial charge in [-0.15, -0.1) is 10.2 Å². The van der Waals surface area contributed by atoms with E-state index >= 15 is 0 Å². The lowest BCUT2D eigenvalue weighted by atomic mass is 10.1. The average Bonchev–Trinajstić information content (AvgIpc) is 3.17. The molecular weight excluding hydrogens is 318 g/mol. The fourth-order valence-corrected chi connectivity index (χ4v) is 2.45. The van der Waals surface area contributed by atoms with Crippen LogP contribution in [0, 0.1) is 6.92 Å². The van der Waals surface area contributed by atoms with Gasteiger partial charge in [-0.1, -0.05) is 18.2 Å². The Kier molecular flexibility index (Phi) is 5.09. The van der Waals surface area contributed by atoms with E-state index in [1.54, 1.807) is 7.11 Å². The van der Waals surface area contributed by atoms with E-state index in [9.17, 15) is 4.79 Å². The monoisotopic (exact) mass is 337 g/mol. The molecule has 0 aliphatic rings. The molecule has 3 rings (SSSR count). The zero-order valence-electron chi connectivity index (χ0n) is 14.2. The smallest absolute Gasteiger partial charge is 0.247 e.